The molecule has 1 aromatic rings. The fraction of sp³-hybridized carbons (Fsp3) is 0.600. The quantitative estimate of drug-likeness (QED) is 0.849. The lowest BCUT2D eigenvalue weighted by molar-refractivity contribution is -0.0586. The Bertz CT molecular complexity index is 618. The summed E-state index contributed by atoms with van der Waals surface area (Å²) in [5.41, 5.74) is 1.65. The van der Waals surface area contributed by atoms with Gasteiger partial charge in [-0.15, -0.1) is 0 Å². The lowest BCUT2D eigenvalue weighted by Gasteiger charge is -2.35. The molecule has 142 valence electrons. The summed E-state index contributed by atoms with van der Waals surface area (Å²) in [6.45, 7) is 6.43. The second-order valence-corrected chi connectivity index (χ2v) is 7.52. The molecule has 26 heavy (non-hydrogen) atoms. The third-order valence-electron chi connectivity index (χ3n) is 5.14. The molecule has 1 aliphatic carbocycles. The Hall–Kier alpha value is -2.08. The number of morpholine rings is 1. The molecule has 2 aliphatic rings. The van der Waals surface area contributed by atoms with Gasteiger partial charge in [0.05, 0.1) is 12.2 Å². The Morgan fingerprint density at radius 3 is 2.31 bits per heavy atom. The zero-order valence-electron chi connectivity index (χ0n) is 15.7. The molecule has 1 aromatic carbocycles. The normalized spacial score (nSPS) is 23.2. The van der Waals surface area contributed by atoms with Crippen LogP contribution in [0.15, 0.2) is 24.3 Å². The van der Waals surface area contributed by atoms with E-state index in [2.05, 4.69) is 10.6 Å². The first kappa shape index (κ1) is 18.7. The first-order valence-electron chi connectivity index (χ1n) is 9.56. The van der Waals surface area contributed by atoms with E-state index < -0.39 is 0 Å². The molecule has 2 fully saturated rings. The second-order valence-electron chi connectivity index (χ2n) is 7.52. The average molecular weight is 359 g/mol. The van der Waals surface area contributed by atoms with Gasteiger partial charge in [0.25, 0.3) is 5.91 Å². The summed E-state index contributed by atoms with van der Waals surface area (Å²) in [6.07, 6.45) is 3.84. The maximum absolute atomic E-state index is 12.6. The van der Waals surface area contributed by atoms with Crippen LogP contribution in [0.4, 0.5) is 4.79 Å². The van der Waals surface area contributed by atoms with Gasteiger partial charge >= 0.3 is 6.03 Å². The minimum atomic E-state index is -0.131. The molecular formula is C20H29N3O3. The molecule has 2 atom stereocenters. The Labute approximate surface area is 155 Å². The van der Waals surface area contributed by atoms with Crippen molar-refractivity contribution in [2.75, 3.05) is 19.6 Å². The monoisotopic (exact) mass is 359 g/mol. The zero-order valence-corrected chi connectivity index (χ0v) is 15.7. The van der Waals surface area contributed by atoms with Gasteiger partial charge in [0.2, 0.25) is 0 Å². The number of nitrogens with zero attached hydrogens (tertiary/aromatic N) is 1. The number of rotatable bonds is 5. The standard InChI is InChI=1S/C20H29N3O3/c1-14-12-23(13-15(2)26-14)19(24)18-8-6-17(7-9-18)11-22-20(25)21-10-16-4-3-5-16/h6-9,14-16H,3-5,10-13H2,1-2H3,(H2,21,22,25)/t14-,15+. The van der Waals surface area contributed by atoms with Crippen molar-refractivity contribution in [2.45, 2.75) is 51.9 Å². The number of urea groups is 1. The molecule has 0 spiro atoms. The molecule has 2 N–H and O–H groups in total. The predicted octanol–water partition coefficient (Wildman–Crippen LogP) is 2.54. The highest BCUT2D eigenvalue weighted by atomic mass is 16.5. The van der Waals surface area contributed by atoms with E-state index in [1.165, 1.54) is 19.3 Å². The lowest BCUT2D eigenvalue weighted by Crippen LogP contribution is -2.48. The van der Waals surface area contributed by atoms with Crippen molar-refractivity contribution in [3.8, 4) is 0 Å². The van der Waals surface area contributed by atoms with Crippen LogP contribution in [0.1, 0.15) is 49.0 Å². The van der Waals surface area contributed by atoms with Crippen LogP contribution in [0.5, 0.6) is 0 Å². The first-order chi connectivity index (χ1) is 12.5. The SMILES string of the molecule is C[C@@H]1CN(C(=O)c2ccc(CNC(=O)NCC3CCC3)cc2)C[C@H](C)O1. The number of hydrogen-bond donors (Lipinski definition) is 2. The van der Waals surface area contributed by atoms with Crippen LogP contribution >= 0.6 is 0 Å². The van der Waals surface area contributed by atoms with Crippen LogP contribution in [0.3, 0.4) is 0 Å². The van der Waals surface area contributed by atoms with Crippen LogP contribution in [0.2, 0.25) is 0 Å². The summed E-state index contributed by atoms with van der Waals surface area (Å²) >= 11 is 0. The minimum absolute atomic E-state index is 0.0322. The maximum Gasteiger partial charge on any atom is 0.315 e. The van der Waals surface area contributed by atoms with E-state index in [-0.39, 0.29) is 24.1 Å². The summed E-state index contributed by atoms with van der Waals surface area (Å²) in [6, 6.07) is 7.32. The van der Waals surface area contributed by atoms with Gasteiger partial charge in [0.15, 0.2) is 0 Å². The van der Waals surface area contributed by atoms with Gasteiger partial charge in [-0.25, -0.2) is 4.79 Å². The van der Waals surface area contributed by atoms with E-state index in [4.69, 9.17) is 4.74 Å². The smallest absolute Gasteiger partial charge is 0.315 e. The first-order valence-corrected chi connectivity index (χ1v) is 9.56. The summed E-state index contributed by atoms with van der Waals surface area (Å²) in [5.74, 6) is 0.682. The predicted molar refractivity (Wildman–Crippen MR) is 99.9 cm³/mol. The fourth-order valence-corrected chi connectivity index (χ4v) is 3.47. The molecule has 3 rings (SSSR count). The molecule has 0 aromatic heterocycles. The molecule has 1 aliphatic heterocycles. The van der Waals surface area contributed by atoms with Gasteiger partial charge in [0, 0.05) is 31.7 Å². The van der Waals surface area contributed by atoms with Crippen molar-refractivity contribution in [1.82, 2.24) is 15.5 Å². The fourth-order valence-electron chi connectivity index (χ4n) is 3.47. The summed E-state index contributed by atoms with van der Waals surface area (Å²) in [5, 5.41) is 5.78. The lowest BCUT2D eigenvalue weighted by atomic mass is 9.85. The van der Waals surface area contributed by atoms with Gasteiger partial charge in [-0.3, -0.25) is 4.79 Å². The van der Waals surface area contributed by atoms with E-state index >= 15 is 0 Å². The van der Waals surface area contributed by atoms with E-state index in [1.54, 1.807) is 0 Å². The third-order valence-corrected chi connectivity index (χ3v) is 5.14. The van der Waals surface area contributed by atoms with Gasteiger partial charge in [0.1, 0.15) is 0 Å². The van der Waals surface area contributed by atoms with Crippen LogP contribution in [-0.2, 0) is 11.3 Å². The molecule has 1 saturated carbocycles. The van der Waals surface area contributed by atoms with Gasteiger partial charge in [-0.1, -0.05) is 18.6 Å². The van der Waals surface area contributed by atoms with Crippen LogP contribution in [-0.4, -0.2) is 48.7 Å². The van der Waals surface area contributed by atoms with Crippen molar-refractivity contribution < 1.29 is 14.3 Å². The third kappa shape index (κ3) is 4.97. The number of hydrogen-bond acceptors (Lipinski definition) is 3. The molecule has 0 unspecified atom stereocenters. The molecule has 0 bridgehead atoms. The van der Waals surface area contributed by atoms with Crippen LogP contribution in [0.25, 0.3) is 0 Å². The second kappa shape index (κ2) is 8.54. The largest absolute Gasteiger partial charge is 0.372 e. The zero-order chi connectivity index (χ0) is 18.5. The van der Waals surface area contributed by atoms with Crippen molar-refractivity contribution in [3.63, 3.8) is 0 Å². The summed E-state index contributed by atoms with van der Waals surface area (Å²) in [7, 11) is 0. The number of benzene rings is 1. The van der Waals surface area contributed by atoms with Gasteiger partial charge in [-0.2, -0.15) is 0 Å². The van der Waals surface area contributed by atoms with E-state index in [1.807, 2.05) is 43.0 Å². The van der Waals surface area contributed by atoms with Crippen LogP contribution in [0, 0.1) is 5.92 Å². The summed E-state index contributed by atoms with van der Waals surface area (Å²) < 4.78 is 5.68. The number of carbonyl (C=O) groups excluding carboxylic acids is 2. The van der Waals surface area contributed by atoms with Crippen molar-refractivity contribution in [3.05, 3.63) is 35.4 Å². The molecule has 1 saturated heterocycles. The Balaban J connectivity index is 1.46. The number of carbonyl (C=O) groups is 2. The number of nitrogens with one attached hydrogen (secondary N) is 2. The Kier molecular flexibility index (Phi) is 6.14. The summed E-state index contributed by atoms with van der Waals surface area (Å²) in [4.78, 5) is 26.3. The highest BCUT2D eigenvalue weighted by molar-refractivity contribution is 5.94. The molecule has 0 radical (unpaired) electrons. The maximum atomic E-state index is 12.6. The molecule has 3 amide bonds. The van der Waals surface area contributed by atoms with Crippen molar-refractivity contribution in [2.24, 2.45) is 5.92 Å². The average Bonchev–Trinajstić information content (AvgIpc) is 2.57. The molecule has 1 heterocycles. The molecule has 6 nitrogen and oxygen atoms in total. The topological polar surface area (TPSA) is 70.7 Å². The Morgan fingerprint density at radius 1 is 1.08 bits per heavy atom. The number of amides is 3. The van der Waals surface area contributed by atoms with Crippen molar-refractivity contribution >= 4 is 11.9 Å². The van der Waals surface area contributed by atoms with E-state index in [0.717, 1.165) is 12.1 Å². The Morgan fingerprint density at radius 2 is 1.73 bits per heavy atom. The van der Waals surface area contributed by atoms with Crippen LogP contribution < -0.4 is 10.6 Å². The van der Waals surface area contributed by atoms with Gasteiger partial charge in [-0.05, 0) is 50.3 Å². The van der Waals surface area contributed by atoms with Gasteiger partial charge < -0.3 is 20.3 Å². The molecule has 6 heteroatoms. The highest BCUT2D eigenvalue weighted by Crippen LogP contribution is 2.25. The van der Waals surface area contributed by atoms with E-state index in [0.29, 0.717) is 31.1 Å². The highest BCUT2D eigenvalue weighted by Gasteiger charge is 2.26. The minimum Gasteiger partial charge on any atom is -0.372 e. The number of ether oxygens (including phenoxy) is 1. The van der Waals surface area contributed by atoms with E-state index in [9.17, 15) is 9.59 Å². The molecular weight excluding hydrogens is 330 g/mol. The van der Waals surface area contributed by atoms with Crippen molar-refractivity contribution in [1.29, 1.82) is 0 Å².